The van der Waals surface area contributed by atoms with Crippen LogP contribution in [0.25, 0.3) is 5.57 Å². The van der Waals surface area contributed by atoms with Gasteiger partial charge in [-0.15, -0.1) is 0 Å². The summed E-state index contributed by atoms with van der Waals surface area (Å²) in [6.07, 6.45) is 0.509. The lowest BCUT2D eigenvalue weighted by molar-refractivity contribution is -0.150. The number of hydrogen-bond acceptors (Lipinski definition) is 3. The maximum atomic E-state index is 11.5. The van der Waals surface area contributed by atoms with Gasteiger partial charge in [0.25, 0.3) is 0 Å². The second-order valence-corrected chi connectivity index (χ2v) is 3.25. The summed E-state index contributed by atoms with van der Waals surface area (Å²) >= 11 is 0. The standard InChI is InChI=1S/C12H10O3/c1-2-9-10(12(14)15-11(9)13)8-6-4-3-5-7-8/h3-7H,2H2,1H3. The summed E-state index contributed by atoms with van der Waals surface area (Å²) in [5, 5.41) is 0. The third kappa shape index (κ3) is 1.56. The number of carbonyl (C=O) groups is 2. The first-order valence-electron chi connectivity index (χ1n) is 4.79. The van der Waals surface area contributed by atoms with Crippen LogP contribution in [0.2, 0.25) is 0 Å². The van der Waals surface area contributed by atoms with Gasteiger partial charge in [0.05, 0.1) is 11.1 Å². The Morgan fingerprint density at radius 2 is 1.73 bits per heavy atom. The van der Waals surface area contributed by atoms with E-state index in [1.165, 1.54) is 0 Å². The molecule has 1 aliphatic rings. The molecule has 0 fully saturated rings. The highest BCUT2D eigenvalue weighted by molar-refractivity contribution is 6.30. The van der Waals surface area contributed by atoms with E-state index in [1.807, 2.05) is 25.1 Å². The Balaban J connectivity index is 2.55. The highest BCUT2D eigenvalue weighted by Gasteiger charge is 2.32. The van der Waals surface area contributed by atoms with Crippen molar-refractivity contribution in [3.05, 3.63) is 41.5 Å². The average Bonchev–Trinajstić information content (AvgIpc) is 2.54. The molecular formula is C12H10O3. The van der Waals surface area contributed by atoms with Gasteiger partial charge < -0.3 is 4.74 Å². The predicted octanol–water partition coefficient (Wildman–Crippen LogP) is 1.93. The lowest BCUT2D eigenvalue weighted by Gasteiger charge is -1.99. The van der Waals surface area contributed by atoms with E-state index in [1.54, 1.807) is 12.1 Å². The number of hydrogen-bond donors (Lipinski definition) is 0. The van der Waals surface area contributed by atoms with Gasteiger partial charge >= 0.3 is 11.9 Å². The maximum absolute atomic E-state index is 11.5. The first kappa shape index (κ1) is 9.65. The normalized spacial score (nSPS) is 15.8. The smallest absolute Gasteiger partial charge is 0.347 e. The average molecular weight is 202 g/mol. The first-order chi connectivity index (χ1) is 7.24. The third-order valence-corrected chi connectivity index (χ3v) is 2.35. The maximum Gasteiger partial charge on any atom is 0.347 e. The molecule has 0 atom stereocenters. The molecule has 1 aliphatic heterocycles. The second-order valence-electron chi connectivity index (χ2n) is 3.25. The zero-order valence-electron chi connectivity index (χ0n) is 8.32. The van der Waals surface area contributed by atoms with Crippen molar-refractivity contribution in [3.8, 4) is 0 Å². The zero-order valence-corrected chi connectivity index (χ0v) is 8.32. The molecule has 1 heterocycles. The molecule has 0 amide bonds. The van der Waals surface area contributed by atoms with E-state index in [9.17, 15) is 9.59 Å². The molecule has 0 unspecified atom stereocenters. The summed E-state index contributed by atoms with van der Waals surface area (Å²) in [6.45, 7) is 1.83. The lowest BCUT2D eigenvalue weighted by atomic mass is 10.0. The van der Waals surface area contributed by atoms with Gasteiger partial charge in [-0.2, -0.15) is 0 Å². The van der Waals surface area contributed by atoms with E-state index >= 15 is 0 Å². The molecule has 0 radical (unpaired) electrons. The van der Waals surface area contributed by atoms with Crippen LogP contribution in [0, 0.1) is 0 Å². The van der Waals surface area contributed by atoms with E-state index in [4.69, 9.17) is 0 Å². The van der Waals surface area contributed by atoms with Crippen LogP contribution in [0.3, 0.4) is 0 Å². The van der Waals surface area contributed by atoms with Crippen molar-refractivity contribution in [1.29, 1.82) is 0 Å². The predicted molar refractivity (Wildman–Crippen MR) is 54.8 cm³/mol. The largest absolute Gasteiger partial charge is 0.386 e. The van der Waals surface area contributed by atoms with Gasteiger partial charge in [-0.1, -0.05) is 37.3 Å². The fraction of sp³-hybridized carbons (Fsp3) is 0.167. The molecule has 0 aliphatic carbocycles. The van der Waals surface area contributed by atoms with Crippen molar-refractivity contribution in [3.63, 3.8) is 0 Å². The molecule has 0 bridgehead atoms. The fourth-order valence-corrected chi connectivity index (χ4v) is 1.64. The van der Waals surface area contributed by atoms with Crippen LogP contribution in [0.4, 0.5) is 0 Å². The molecule has 0 saturated heterocycles. The molecule has 1 aromatic rings. The molecule has 1 aromatic carbocycles. The number of ether oxygens (including phenoxy) is 1. The van der Waals surface area contributed by atoms with Gasteiger partial charge in [-0.25, -0.2) is 9.59 Å². The molecule has 76 valence electrons. The lowest BCUT2D eigenvalue weighted by Crippen LogP contribution is -2.01. The summed E-state index contributed by atoms with van der Waals surface area (Å²) in [5.74, 6) is -1.05. The van der Waals surface area contributed by atoms with Gasteiger partial charge in [0.1, 0.15) is 0 Å². The second kappa shape index (κ2) is 3.69. The Labute approximate surface area is 87.4 Å². The summed E-state index contributed by atoms with van der Waals surface area (Å²) in [4.78, 5) is 22.8. The van der Waals surface area contributed by atoms with E-state index in [-0.39, 0.29) is 0 Å². The fourth-order valence-electron chi connectivity index (χ4n) is 1.64. The zero-order chi connectivity index (χ0) is 10.8. The van der Waals surface area contributed by atoms with Gasteiger partial charge in [0.2, 0.25) is 0 Å². The van der Waals surface area contributed by atoms with Crippen LogP contribution in [0.1, 0.15) is 18.9 Å². The minimum atomic E-state index is -0.539. The van der Waals surface area contributed by atoms with Gasteiger partial charge in [0, 0.05) is 0 Å². The Morgan fingerprint density at radius 1 is 1.07 bits per heavy atom. The Morgan fingerprint density at radius 3 is 2.33 bits per heavy atom. The molecule has 3 heteroatoms. The van der Waals surface area contributed by atoms with Crippen molar-refractivity contribution in [2.24, 2.45) is 0 Å². The summed E-state index contributed by atoms with van der Waals surface area (Å²) < 4.78 is 4.58. The summed E-state index contributed by atoms with van der Waals surface area (Å²) in [6, 6.07) is 9.10. The van der Waals surface area contributed by atoms with Gasteiger partial charge in [0.15, 0.2) is 0 Å². The highest BCUT2D eigenvalue weighted by atomic mass is 16.6. The van der Waals surface area contributed by atoms with Crippen molar-refractivity contribution in [2.75, 3.05) is 0 Å². The van der Waals surface area contributed by atoms with Crippen LogP contribution in [-0.2, 0) is 14.3 Å². The van der Waals surface area contributed by atoms with Crippen LogP contribution in [0.5, 0.6) is 0 Å². The number of rotatable bonds is 2. The first-order valence-corrected chi connectivity index (χ1v) is 4.79. The Kier molecular flexibility index (Phi) is 2.37. The molecule has 15 heavy (non-hydrogen) atoms. The SMILES string of the molecule is CCC1=C(c2ccccc2)C(=O)OC1=O. The summed E-state index contributed by atoms with van der Waals surface area (Å²) in [5.41, 5.74) is 1.61. The number of esters is 2. The molecular weight excluding hydrogens is 192 g/mol. The minimum absolute atomic E-state index is 0.406. The van der Waals surface area contributed by atoms with Gasteiger partial charge in [-0.3, -0.25) is 0 Å². The quantitative estimate of drug-likeness (QED) is 0.543. The number of cyclic esters (lactones) is 2. The molecule has 0 spiro atoms. The van der Waals surface area contributed by atoms with E-state index in [2.05, 4.69) is 4.74 Å². The van der Waals surface area contributed by atoms with E-state index in [0.717, 1.165) is 5.56 Å². The third-order valence-electron chi connectivity index (χ3n) is 2.35. The van der Waals surface area contributed by atoms with Gasteiger partial charge in [-0.05, 0) is 12.0 Å². The Hall–Kier alpha value is -1.90. The number of carbonyl (C=O) groups excluding carboxylic acids is 2. The van der Waals surface area contributed by atoms with E-state index < -0.39 is 11.9 Å². The van der Waals surface area contributed by atoms with Crippen molar-refractivity contribution < 1.29 is 14.3 Å². The topological polar surface area (TPSA) is 43.4 Å². The van der Waals surface area contributed by atoms with E-state index in [0.29, 0.717) is 17.6 Å². The van der Waals surface area contributed by atoms with Crippen LogP contribution < -0.4 is 0 Å². The van der Waals surface area contributed by atoms with Crippen LogP contribution >= 0.6 is 0 Å². The highest BCUT2D eigenvalue weighted by Crippen LogP contribution is 2.28. The van der Waals surface area contributed by atoms with Crippen LogP contribution in [0.15, 0.2) is 35.9 Å². The van der Waals surface area contributed by atoms with Crippen molar-refractivity contribution in [2.45, 2.75) is 13.3 Å². The molecule has 2 rings (SSSR count). The summed E-state index contributed by atoms with van der Waals surface area (Å²) in [7, 11) is 0. The molecule has 0 N–H and O–H groups in total. The van der Waals surface area contributed by atoms with Crippen molar-refractivity contribution >= 4 is 17.5 Å². The molecule has 0 saturated carbocycles. The van der Waals surface area contributed by atoms with Crippen LogP contribution in [-0.4, -0.2) is 11.9 Å². The number of benzene rings is 1. The molecule has 0 aromatic heterocycles. The monoisotopic (exact) mass is 202 g/mol. The minimum Gasteiger partial charge on any atom is -0.386 e. The Bertz CT molecular complexity index is 443. The molecule has 3 nitrogen and oxygen atoms in total. The van der Waals surface area contributed by atoms with Crippen molar-refractivity contribution in [1.82, 2.24) is 0 Å².